The number of aromatic nitrogens is 1. The van der Waals surface area contributed by atoms with Gasteiger partial charge in [0.2, 0.25) is 0 Å². The van der Waals surface area contributed by atoms with Crippen LogP contribution in [0, 0.1) is 0 Å². The molecule has 1 aliphatic carbocycles. The lowest BCUT2D eigenvalue weighted by atomic mass is 9.90. The molecule has 0 aromatic carbocycles. The van der Waals surface area contributed by atoms with Crippen molar-refractivity contribution in [3.05, 3.63) is 28.5 Å². The average Bonchev–Trinajstić information content (AvgIpc) is 2.28. The third kappa shape index (κ3) is 3.18. The minimum atomic E-state index is -1.06. The fraction of sp³-hybridized carbons (Fsp3) is 0.615. The van der Waals surface area contributed by atoms with Crippen LogP contribution >= 0.6 is 11.6 Å². The van der Waals surface area contributed by atoms with Gasteiger partial charge in [0.25, 0.3) is 0 Å². The van der Waals surface area contributed by atoms with Gasteiger partial charge in [-0.25, -0.2) is 4.98 Å². The number of pyridine rings is 1. The molecule has 1 aromatic rings. The monoisotopic (exact) mass is 286 g/mol. The second kappa shape index (κ2) is 5.37. The molecule has 18 heavy (non-hydrogen) atoms. The SMILES string of the molecule is CC(C)(C)[S@@+]([O-])N[C@H]1CCCc2cnc(Cl)cc21. The number of halogens is 1. The lowest BCUT2D eigenvalue weighted by Crippen LogP contribution is -2.42. The summed E-state index contributed by atoms with van der Waals surface area (Å²) in [5, 5.41) is 0.504. The summed E-state index contributed by atoms with van der Waals surface area (Å²) in [5.41, 5.74) is 2.37. The molecule has 0 spiro atoms. The van der Waals surface area contributed by atoms with E-state index in [1.54, 1.807) is 0 Å². The van der Waals surface area contributed by atoms with Crippen LogP contribution in [0.3, 0.4) is 0 Å². The molecule has 0 saturated carbocycles. The predicted octanol–water partition coefficient (Wildman–Crippen LogP) is 3.16. The summed E-state index contributed by atoms with van der Waals surface area (Å²) in [6.45, 7) is 5.91. The summed E-state index contributed by atoms with van der Waals surface area (Å²) >= 11 is 4.89. The average molecular weight is 287 g/mol. The van der Waals surface area contributed by atoms with Crippen molar-refractivity contribution < 1.29 is 4.55 Å². The van der Waals surface area contributed by atoms with Crippen LogP contribution in [-0.4, -0.2) is 14.3 Å². The van der Waals surface area contributed by atoms with Crippen molar-refractivity contribution >= 4 is 23.0 Å². The first-order valence-corrected chi connectivity index (χ1v) is 7.73. The summed E-state index contributed by atoms with van der Waals surface area (Å²) in [6, 6.07) is 2.02. The summed E-state index contributed by atoms with van der Waals surface area (Å²) < 4.78 is 15.2. The molecule has 0 unspecified atom stereocenters. The van der Waals surface area contributed by atoms with Gasteiger partial charge in [-0.1, -0.05) is 11.6 Å². The van der Waals surface area contributed by atoms with Crippen molar-refractivity contribution in [2.24, 2.45) is 0 Å². The Balaban J connectivity index is 2.20. The highest BCUT2D eigenvalue weighted by molar-refractivity contribution is 7.90. The van der Waals surface area contributed by atoms with Gasteiger partial charge in [0.1, 0.15) is 9.90 Å². The van der Waals surface area contributed by atoms with Crippen LogP contribution in [0.4, 0.5) is 0 Å². The number of aryl methyl sites for hydroxylation is 1. The fourth-order valence-electron chi connectivity index (χ4n) is 2.09. The number of rotatable bonds is 2. The van der Waals surface area contributed by atoms with Gasteiger partial charge in [0.15, 0.2) is 0 Å². The van der Waals surface area contributed by atoms with Crippen LogP contribution in [-0.2, 0) is 17.8 Å². The van der Waals surface area contributed by atoms with E-state index < -0.39 is 11.4 Å². The van der Waals surface area contributed by atoms with Crippen molar-refractivity contribution in [3.63, 3.8) is 0 Å². The number of nitrogens with zero attached hydrogens (tertiary/aromatic N) is 1. The van der Waals surface area contributed by atoms with E-state index in [1.165, 1.54) is 5.56 Å². The summed E-state index contributed by atoms with van der Waals surface area (Å²) in [7, 11) is 0. The molecule has 1 N–H and O–H groups in total. The molecule has 5 heteroatoms. The molecule has 3 nitrogen and oxygen atoms in total. The highest BCUT2D eigenvalue weighted by Gasteiger charge is 2.31. The highest BCUT2D eigenvalue weighted by Crippen LogP contribution is 2.32. The van der Waals surface area contributed by atoms with Gasteiger partial charge in [0.05, 0.1) is 6.04 Å². The Bertz CT molecular complexity index is 433. The third-order valence-corrected chi connectivity index (χ3v) is 4.93. The molecule has 2 atom stereocenters. The number of nitrogens with one attached hydrogen (secondary N) is 1. The van der Waals surface area contributed by atoms with Crippen molar-refractivity contribution in [2.45, 2.75) is 50.8 Å². The van der Waals surface area contributed by atoms with E-state index >= 15 is 0 Å². The molecule has 1 aliphatic rings. The minimum absolute atomic E-state index is 0.120. The largest absolute Gasteiger partial charge is 0.598 e. The van der Waals surface area contributed by atoms with Gasteiger partial charge in [0, 0.05) is 17.6 Å². The summed E-state index contributed by atoms with van der Waals surface area (Å²) in [4.78, 5) is 4.12. The normalized spacial score (nSPS) is 21.5. The molecule has 0 bridgehead atoms. The van der Waals surface area contributed by atoms with Crippen molar-refractivity contribution in [3.8, 4) is 0 Å². The van der Waals surface area contributed by atoms with E-state index in [0.29, 0.717) is 5.15 Å². The Morgan fingerprint density at radius 3 is 2.89 bits per heavy atom. The van der Waals surface area contributed by atoms with Crippen LogP contribution in [0.15, 0.2) is 12.3 Å². The quantitative estimate of drug-likeness (QED) is 0.671. The van der Waals surface area contributed by atoms with Gasteiger partial charge in [-0.2, -0.15) is 0 Å². The zero-order chi connectivity index (χ0) is 13.3. The predicted molar refractivity (Wildman–Crippen MR) is 76.0 cm³/mol. The van der Waals surface area contributed by atoms with Gasteiger partial charge in [-0.15, -0.1) is 4.72 Å². The Labute approximate surface area is 117 Å². The van der Waals surface area contributed by atoms with E-state index in [4.69, 9.17) is 11.6 Å². The van der Waals surface area contributed by atoms with Gasteiger partial charge >= 0.3 is 0 Å². The molecule has 100 valence electrons. The fourth-order valence-corrected chi connectivity index (χ4v) is 3.11. The number of fused-ring (bicyclic) bond motifs is 1. The lowest BCUT2D eigenvalue weighted by Gasteiger charge is -2.31. The first-order valence-electron chi connectivity index (χ1n) is 6.20. The molecular formula is C13H19ClN2OS. The summed E-state index contributed by atoms with van der Waals surface area (Å²) in [5.74, 6) is 0. The zero-order valence-corrected chi connectivity index (χ0v) is 12.6. The summed E-state index contributed by atoms with van der Waals surface area (Å²) in [6.07, 6.45) is 4.95. The number of hydrogen-bond donors (Lipinski definition) is 1. The van der Waals surface area contributed by atoms with E-state index in [1.807, 2.05) is 33.0 Å². The van der Waals surface area contributed by atoms with E-state index in [0.717, 1.165) is 24.8 Å². The van der Waals surface area contributed by atoms with Crippen molar-refractivity contribution in [2.75, 3.05) is 0 Å². The second-order valence-electron chi connectivity index (χ2n) is 5.65. The van der Waals surface area contributed by atoms with Gasteiger partial charge in [-0.05, 0) is 57.2 Å². The van der Waals surface area contributed by atoms with Crippen LogP contribution in [0.25, 0.3) is 0 Å². The molecule has 1 heterocycles. The first-order chi connectivity index (χ1) is 8.38. The van der Waals surface area contributed by atoms with Crippen LogP contribution in [0.5, 0.6) is 0 Å². The third-order valence-electron chi connectivity index (χ3n) is 3.11. The maximum atomic E-state index is 12.2. The Kier molecular flexibility index (Phi) is 4.22. The van der Waals surface area contributed by atoms with E-state index in [-0.39, 0.29) is 10.8 Å². The van der Waals surface area contributed by atoms with Crippen LogP contribution in [0.1, 0.15) is 50.8 Å². The standard InChI is InChI=1S/C13H19ClN2OS/c1-13(2,3)18(17)16-11-6-4-5-9-8-15-12(14)7-10(9)11/h7-8,11,16H,4-6H2,1-3H3/t11-,18+/m0/s1. The Morgan fingerprint density at radius 1 is 1.50 bits per heavy atom. The Morgan fingerprint density at radius 2 is 2.22 bits per heavy atom. The molecule has 2 rings (SSSR count). The van der Waals surface area contributed by atoms with Gasteiger partial charge in [-0.3, -0.25) is 0 Å². The molecule has 0 radical (unpaired) electrons. The highest BCUT2D eigenvalue weighted by atomic mass is 35.5. The van der Waals surface area contributed by atoms with Crippen molar-refractivity contribution in [1.82, 2.24) is 9.71 Å². The maximum absolute atomic E-state index is 12.2. The van der Waals surface area contributed by atoms with E-state index in [2.05, 4.69) is 9.71 Å². The van der Waals surface area contributed by atoms with Gasteiger partial charge < -0.3 is 4.55 Å². The molecule has 1 aromatic heterocycles. The Hall–Kier alpha value is -0.290. The molecule has 0 aliphatic heterocycles. The zero-order valence-electron chi connectivity index (χ0n) is 11.0. The molecule has 0 saturated heterocycles. The first kappa shape index (κ1) is 14.1. The minimum Gasteiger partial charge on any atom is -0.598 e. The van der Waals surface area contributed by atoms with Crippen molar-refractivity contribution in [1.29, 1.82) is 0 Å². The maximum Gasteiger partial charge on any atom is 0.136 e. The van der Waals surface area contributed by atoms with E-state index in [9.17, 15) is 4.55 Å². The smallest absolute Gasteiger partial charge is 0.136 e. The molecule has 0 amide bonds. The lowest BCUT2D eigenvalue weighted by molar-refractivity contribution is 0.488. The molecule has 0 fully saturated rings. The van der Waals surface area contributed by atoms with Crippen LogP contribution < -0.4 is 4.72 Å². The topological polar surface area (TPSA) is 48.0 Å². The molecular weight excluding hydrogens is 268 g/mol. The second-order valence-corrected chi connectivity index (χ2v) is 8.03. The number of hydrogen-bond acceptors (Lipinski definition) is 3. The van der Waals surface area contributed by atoms with Crippen LogP contribution in [0.2, 0.25) is 5.15 Å².